The average molecular weight is 468 g/mol. The van der Waals surface area contributed by atoms with Crippen molar-refractivity contribution in [1.82, 2.24) is 0 Å². The molecule has 1 aliphatic carbocycles. The van der Waals surface area contributed by atoms with Crippen molar-refractivity contribution >= 4 is 7.05 Å². The van der Waals surface area contributed by atoms with Crippen LogP contribution in [0, 0.1) is 16.2 Å². The van der Waals surface area contributed by atoms with Crippen molar-refractivity contribution in [1.29, 1.82) is 0 Å². The van der Waals surface area contributed by atoms with E-state index in [2.05, 4.69) is 99.6 Å². The molecule has 0 aromatic rings. The monoisotopic (exact) mass is 467 g/mol. The van der Waals surface area contributed by atoms with E-state index in [1.165, 1.54) is 24.2 Å². The first-order chi connectivity index (χ1) is 13.1. The molecule has 0 aliphatic heterocycles. The van der Waals surface area contributed by atoms with Gasteiger partial charge in [-0.2, -0.15) is 0 Å². The van der Waals surface area contributed by atoms with Crippen molar-refractivity contribution in [3.05, 3.63) is 48.2 Å². The Morgan fingerprint density at radius 2 is 1.33 bits per heavy atom. The van der Waals surface area contributed by atoms with E-state index in [0.29, 0.717) is 16.2 Å². The van der Waals surface area contributed by atoms with Crippen LogP contribution in [-0.2, 0) is 21.7 Å². The fourth-order valence-corrected chi connectivity index (χ4v) is 10.6. The van der Waals surface area contributed by atoms with Crippen molar-refractivity contribution in [2.24, 2.45) is 21.0 Å². The molecule has 0 N–H and O–H groups in total. The van der Waals surface area contributed by atoms with Crippen LogP contribution in [0.3, 0.4) is 0 Å². The zero-order chi connectivity index (χ0) is 22.8. The molecule has 0 bridgehead atoms. The molecule has 1 aliphatic rings. The van der Waals surface area contributed by atoms with Crippen LogP contribution in [0.1, 0.15) is 89.0 Å². The Balaban J connectivity index is 0. The molecule has 0 amide bonds. The Morgan fingerprint density at radius 1 is 0.867 bits per heavy atom. The molecule has 0 spiro atoms. The number of rotatable bonds is 6. The summed E-state index contributed by atoms with van der Waals surface area (Å²) in [6.07, 6.45) is 20.8. The molecule has 0 saturated heterocycles. The average Bonchev–Trinajstić information content (AvgIpc) is 2.95. The molecule has 0 fully saturated rings. The van der Waals surface area contributed by atoms with E-state index >= 15 is 0 Å². The van der Waals surface area contributed by atoms with E-state index in [1.54, 1.807) is 0 Å². The SMILES string of the molecule is CC(C)(C)CP(CC(C)(C)C)(CC(C)(C)C)=NC1=CC=CC1.CC=CC=CCC.[Ti]. The van der Waals surface area contributed by atoms with Gasteiger partial charge in [0, 0.05) is 33.8 Å². The smallest absolute Gasteiger partial charge is 0.0425 e. The quantitative estimate of drug-likeness (QED) is 0.209. The minimum atomic E-state index is -1.39. The minimum Gasteiger partial charge on any atom is -0.272 e. The summed E-state index contributed by atoms with van der Waals surface area (Å²) in [7, 11) is -1.39. The molecule has 0 aromatic carbocycles. The largest absolute Gasteiger partial charge is 0.272 e. The molecule has 0 heterocycles. The van der Waals surface area contributed by atoms with Gasteiger partial charge in [0.2, 0.25) is 0 Å². The van der Waals surface area contributed by atoms with Gasteiger partial charge in [-0.25, -0.2) is 0 Å². The molecule has 0 aromatic heterocycles. The normalized spacial score (nSPS) is 15.1. The summed E-state index contributed by atoms with van der Waals surface area (Å²) >= 11 is 0. The third kappa shape index (κ3) is 17.6. The predicted molar refractivity (Wildman–Crippen MR) is 138 cm³/mol. The second-order valence-electron chi connectivity index (χ2n) is 12.0. The number of hydrogen-bond acceptors (Lipinski definition) is 1. The third-order valence-corrected chi connectivity index (χ3v) is 9.37. The Hall–Kier alpha value is -0.0957. The summed E-state index contributed by atoms with van der Waals surface area (Å²) in [6.45, 7) is 25.5. The van der Waals surface area contributed by atoms with Gasteiger partial charge in [-0.15, -0.1) is 0 Å². The Labute approximate surface area is 204 Å². The zero-order valence-corrected chi connectivity index (χ0v) is 24.4. The maximum Gasteiger partial charge on any atom is 0.0425 e. The van der Waals surface area contributed by atoms with Gasteiger partial charge < -0.3 is 0 Å². The van der Waals surface area contributed by atoms with E-state index in [-0.39, 0.29) is 21.7 Å². The molecule has 0 atom stereocenters. The van der Waals surface area contributed by atoms with Gasteiger partial charge in [-0.3, -0.25) is 4.74 Å². The predicted octanol–water partition coefficient (Wildman–Crippen LogP) is 9.70. The van der Waals surface area contributed by atoms with Crippen LogP contribution in [0.4, 0.5) is 0 Å². The summed E-state index contributed by atoms with van der Waals surface area (Å²) < 4.78 is 5.47. The van der Waals surface area contributed by atoms with E-state index in [1.807, 2.05) is 19.1 Å². The van der Waals surface area contributed by atoms with Crippen LogP contribution in [0.15, 0.2) is 53.0 Å². The van der Waals surface area contributed by atoms with Gasteiger partial charge in [-0.05, 0) is 61.2 Å². The van der Waals surface area contributed by atoms with Crippen LogP contribution < -0.4 is 0 Å². The Kier molecular flexibility index (Phi) is 15.1. The van der Waals surface area contributed by atoms with Crippen molar-refractivity contribution in [3.63, 3.8) is 0 Å². The number of hydrogen-bond donors (Lipinski definition) is 0. The summed E-state index contributed by atoms with van der Waals surface area (Å²) in [5, 5.41) is 0. The molecule has 3 heteroatoms. The number of nitrogens with zero attached hydrogens (tertiary/aromatic N) is 1. The summed E-state index contributed by atoms with van der Waals surface area (Å²) in [5.74, 6) is 0. The Bertz CT molecular complexity index is 596. The fourth-order valence-electron chi connectivity index (χ4n) is 4.03. The Morgan fingerprint density at radius 3 is 1.63 bits per heavy atom. The van der Waals surface area contributed by atoms with Gasteiger partial charge in [0.25, 0.3) is 0 Å². The van der Waals surface area contributed by atoms with Gasteiger partial charge in [-0.1, -0.05) is 106 Å². The summed E-state index contributed by atoms with van der Waals surface area (Å²) in [5.41, 5.74) is 2.31. The van der Waals surface area contributed by atoms with Gasteiger partial charge in [0.05, 0.1) is 0 Å². The van der Waals surface area contributed by atoms with E-state index in [9.17, 15) is 0 Å². The molecule has 0 unspecified atom stereocenters. The van der Waals surface area contributed by atoms with Crippen LogP contribution in [0.5, 0.6) is 0 Å². The summed E-state index contributed by atoms with van der Waals surface area (Å²) in [6, 6.07) is 0. The maximum atomic E-state index is 5.47. The second kappa shape index (κ2) is 14.1. The third-order valence-electron chi connectivity index (χ3n) is 4.07. The molecule has 1 rings (SSSR count). The van der Waals surface area contributed by atoms with Gasteiger partial charge in [0.1, 0.15) is 0 Å². The second-order valence-corrected chi connectivity index (χ2v) is 15.3. The first kappa shape index (κ1) is 32.1. The molecule has 0 saturated carbocycles. The van der Waals surface area contributed by atoms with Crippen LogP contribution in [-0.4, -0.2) is 18.5 Å². The number of allylic oxidation sites excluding steroid dienone is 7. The molecular weight excluding hydrogens is 417 g/mol. The van der Waals surface area contributed by atoms with E-state index in [0.717, 1.165) is 12.8 Å². The van der Waals surface area contributed by atoms with Crippen molar-refractivity contribution in [3.8, 4) is 0 Å². The molecule has 172 valence electrons. The van der Waals surface area contributed by atoms with E-state index < -0.39 is 7.05 Å². The van der Waals surface area contributed by atoms with Crippen molar-refractivity contribution in [2.45, 2.75) is 89.0 Å². The first-order valence-corrected chi connectivity index (χ1v) is 13.6. The maximum absolute atomic E-state index is 5.47. The van der Waals surface area contributed by atoms with Crippen molar-refractivity contribution in [2.75, 3.05) is 18.5 Å². The van der Waals surface area contributed by atoms with Crippen LogP contribution in [0.25, 0.3) is 0 Å². The molecular formula is C27H50NPTi. The first-order valence-electron chi connectivity index (χ1n) is 11.3. The standard InChI is InChI=1S/C20H38NP.C7H12.Ti/c1-18(2,3)14-22(15-19(4,5)6,16-20(7,8)9)21-17-12-10-11-13-17;1-3-5-7-6-4-2;/h10-12H,13-16H2,1-9H3;3,5-7H,4H2,1-2H3;. The topological polar surface area (TPSA) is 12.4 Å². The minimum absolute atomic E-state index is 0. The van der Waals surface area contributed by atoms with Gasteiger partial charge >= 0.3 is 0 Å². The van der Waals surface area contributed by atoms with E-state index in [4.69, 9.17) is 4.74 Å². The van der Waals surface area contributed by atoms with Crippen molar-refractivity contribution < 1.29 is 21.7 Å². The fraction of sp³-hybridized carbons (Fsp3) is 0.704. The molecule has 1 nitrogen and oxygen atoms in total. The van der Waals surface area contributed by atoms with Crippen LogP contribution >= 0.6 is 7.05 Å². The van der Waals surface area contributed by atoms with Gasteiger partial charge in [0.15, 0.2) is 0 Å². The molecule has 0 radical (unpaired) electrons. The zero-order valence-electron chi connectivity index (χ0n) is 22.0. The molecule has 30 heavy (non-hydrogen) atoms. The van der Waals surface area contributed by atoms with Crippen LogP contribution in [0.2, 0.25) is 0 Å². The summed E-state index contributed by atoms with van der Waals surface area (Å²) in [4.78, 5) is 0.